The topological polar surface area (TPSA) is 58.6 Å². The Kier molecular flexibility index (Phi) is 10.2. The summed E-state index contributed by atoms with van der Waals surface area (Å²) < 4.78 is 6.70. The fourth-order valence-electron chi connectivity index (χ4n) is 3.52. The van der Waals surface area contributed by atoms with Crippen LogP contribution in [0.25, 0.3) is 0 Å². The van der Waals surface area contributed by atoms with Gasteiger partial charge in [0.05, 0.1) is 0 Å². The molecule has 0 aliphatic carbocycles. The van der Waals surface area contributed by atoms with Gasteiger partial charge in [-0.25, -0.2) is 0 Å². The summed E-state index contributed by atoms with van der Waals surface area (Å²) in [4.78, 5) is 28.5. The summed E-state index contributed by atoms with van der Waals surface area (Å²) in [7, 11) is 0. The van der Waals surface area contributed by atoms with Crippen LogP contribution in [-0.4, -0.2) is 35.9 Å². The molecule has 3 rings (SSSR count). The van der Waals surface area contributed by atoms with E-state index in [1.165, 1.54) is 0 Å². The zero-order chi connectivity index (χ0) is 25.2. The standard InChI is InChI=1S/C28H30BrClN2O3/c1-20(2)17-31-28(34)26(16-21-6-4-3-5-7-21)32(18-22-8-12-24(30)13-9-22)27(33)19-35-25-14-10-23(29)11-15-25/h3-15,20,26H,16-19H2,1-2H3,(H,31,34)/t26-/m1/s1. The maximum Gasteiger partial charge on any atom is 0.261 e. The molecule has 0 saturated carbocycles. The molecule has 0 unspecified atom stereocenters. The van der Waals surface area contributed by atoms with Gasteiger partial charge in [-0.3, -0.25) is 9.59 Å². The third-order valence-electron chi connectivity index (χ3n) is 5.40. The van der Waals surface area contributed by atoms with Crippen LogP contribution in [0, 0.1) is 5.92 Å². The number of hydrogen-bond donors (Lipinski definition) is 1. The number of rotatable bonds is 11. The molecule has 35 heavy (non-hydrogen) atoms. The first kappa shape index (κ1) is 26.8. The third-order valence-corrected chi connectivity index (χ3v) is 6.18. The van der Waals surface area contributed by atoms with E-state index in [1.807, 2.05) is 68.4 Å². The molecule has 0 spiro atoms. The minimum atomic E-state index is -0.701. The smallest absolute Gasteiger partial charge is 0.261 e. The molecule has 0 heterocycles. The fraction of sp³-hybridized carbons (Fsp3) is 0.286. The molecule has 0 aromatic heterocycles. The summed E-state index contributed by atoms with van der Waals surface area (Å²) in [6.07, 6.45) is 0.391. The van der Waals surface area contributed by atoms with Crippen LogP contribution in [0.5, 0.6) is 5.75 Å². The van der Waals surface area contributed by atoms with E-state index >= 15 is 0 Å². The number of carbonyl (C=O) groups is 2. The first-order valence-corrected chi connectivity index (χ1v) is 12.7. The van der Waals surface area contributed by atoms with Gasteiger partial charge in [0.25, 0.3) is 5.91 Å². The maximum absolute atomic E-state index is 13.5. The van der Waals surface area contributed by atoms with Gasteiger partial charge in [-0.15, -0.1) is 0 Å². The first-order chi connectivity index (χ1) is 16.8. The molecular weight excluding hydrogens is 528 g/mol. The lowest BCUT2D eigenvalue weighted by atomic mass is 10.0. The quantitative estimate of drug-likeness (QED) is 0.320. The van der Waals surface area contributed by atoms with E-state index in [-0.39, 0.29) is 30.9 Å². The molecule has 3 aromatic rings. The van der Waals surface area contributed by atoms with Crippen molar-refractivity contribution >= 4 is 39.3 Å². The predicted octanol–water partition coefficient (Wildman–Crippen LogP) is 5.89. The number of carbonyl (C=O) groups excluding carboxylic acids is 2. The zero-order valence-electron chi connectivity index (χ0n) is 19.9. The Bertz CT molecular complexity index is 1090. The van der Waals surface area contributed by atoms with Crippen LogP contribution in [-0.2, 0) is 22.6 Å². The molecule has 0 bridgehead atoms. The van der Waals surface area contributed by atoms with Crippen LogP contribution >= 0.6 is 27.5 Å². The van der Waals surface area contributed by atoms with Gasteiger partial charge >= 0.3 is 0 Å². The number of ether oxygens (including phenoxy) is 1. The Balaban J connectivity index is 1.88. The van der Waals surface area contributed by atoms with Gasteiger partial charge in [-0.05, 0) is 53.4 Å². The van der Waals surface area contributed by atoms with Gasteiger partial charge in [-0.1, -0.05) is 83.8 Å². The summed E-state index contributed by atoms with van der Waals surface area (Å²) >= 11 is 9.46. The summed E-state index contributed by atoms with van der Waals surface area (Å²) in [5, 5.41) is 3.62. The number of nitrogens with zero attached hydrogens (tertiary/aromatic N) is 1. The van der Waals surface area contributed by atoms with Crippen LogP contribution in [0.4, 0.5) is 0 Å². The summed E-state index contributed by atoms with van der Waals surface area (Å²) in [6, 6.07) is 23.6. The van der Waals surface area contributed by atoms with E-state index in [0.29, 0.717) is 23.7 Å². The largest absolute Gasteiger partial charge is 0.484 e. The highest BCUT2D eigenvalue weighted by Gasteiger charge is 2.30. The minimum absolute atomic E-state index is 0.183. The Morgan fingerprint density at radius 2 is 1.60 bits per heavy atom. The van der Waals surface area contributed by atoms with E-state index in [9.17, 15) is 9.59 Å². The lowest BCUT2D eigenvalue weighted by Crippen LogP contribution is -2.52. The minimum Gasteiger partial charge on any atom is -0.484 e. The number of nitrogens with one attached hydrogen (secondary N) is 1. The predicted molar refractivity (Wildman–Crippen MR) is 143 cm³/mol. The van der Waals surface area contributed by atoms with E-state index in [0.717, 1.165) is 15.6 Å². The van der Waals surface area contributed by atoms with Crippen molar-refractivity contribution in [2.75, 3.05) is 13.2 Å². The monoisotopic (exact) mass is 556 g/mol. The average Bonchev–Trinajstić information content (AvgIpc) is 2.86. The molecule has 5 nitrogen and oxygen atoms in total. The number of hydrogen-bond acceptors (Lipinski definition) is 3. The molecule has 1 atom stereocenters. The highest BCUT2D eigenvalue weighted by Crippen LogP contribution is 2.19. The van der Waals surface area contributed by atoms with Crippen molar-refractivity contribution < 1.29 is 14.3 Å². The highest BCUT2D eigenvalue weighted by molar-refractivity contribution is 9.10. The summed E-state index contributed by atoms with van der Waals surface area (Å²) in [6.45, 7) is 4.68. The highest BCUT2D eigenvalue weighted by atomic mass is 79.9. The zero-order valence-corrected chi connectivity index (χ0v) is 22.3. The van der Waals surface area contributed by atoms with Gasteiger partial charge in [0.1, 0.15) is 11.8 Å². The molecule has 0 radical (unpaired) electrons. The van der Waals surface area contributed by atoms with Crippen molar-refractivity contribution in [3.05, 3.63) is 99.5 Å². The van der Waals surface area contributed by atoms with Crippen LogP contribution < -0.4 is 10.1 Å². The van der Waals surface area contributed by atoms with Gasteiger partial charge in [-0.2, -0.15) is 0 Å². The lowest BCUT2D eigenvalue weighted by molar-refractivity contribution is -0.142. The van der Waals surface area contributed by atoms with E-state index < -0.39 is 6.04 Å². The van der Waals surface area contributed by atoms with E-state index in [2.05, 4.69) is 21.2 Å². The van der Waals surface area contributed by atoms with Crippen molar-refractivity contribution in [2.24, 2.45) is 5.92 Å². The number of benzene rings is 3. The molecule has 2 amide bonds. The average molecular weight is 558 g/mol. The first-order valence-electron chi connectivity index (χ1n) is 11.6. The molecule has 1 N–H and O–H groups in total. The molecule has 0 aliphatic rings. The molecule has 3 aromatic carbocycles. The lowest BCUT2D eigenvalue weighted by Gasteiger charge is -2.31. The van der Waals surface area contributed by atoms with Crippen molar-refractivity contribution in [3.8, 4) is 5.75 Å². The molecule has 0 fully saturated rings. The molecule has 184 valence electrons. The van der Waals surface area contributed by atoms with Crippen molar-refractivity contribution in [3.63, 3.8) is 0 Å². The van der Waals surface area contributed by atoms with Crippen LogP contribution in [0.3, 0.4) is 0 Å². The fourth-order valence-corrected chi connectivity index (χ4v) is 3.91. The van der Waals surface area contributed by atoms with Crippen molar-refractivity contribution in [1.82, 2.24) is 10.2 Å². The van der Waals surface area contributed by atoms with Crippen molar-refractivity contribution in [1.29, 1.82) is 0 Å². The molecule has 0 saturated heterocycles. The third kappa shape index (κ3) is 8.71. The van der Waals surface area contributed by atoms with Gasteiger partial charge < -0.3 is 15.0 Å². The van der Waals surface area contributed by atoms with E-state index in [4.69, 9.17) is 16.3 Å². The second-order valence-corrected chi connectivity index (χ2v) is 10.1. The Morgan fingerprint density at radius 3 is 2.23 bits per heavy atom. The van der Waals surface area contributed by atoms with Crippen LogP contribution in [0.15, 0.2) is 83.3 Å². The Labute approximate surface area is 220 Å². The molecular formula is C28H30BrClN2O3. The maximum atomic E-state index is 13.5. The van der Waals surface area contributed by atoms with Gasteiger partial charge in [0.15, 0.2) is 6.61 Å². The van der Waals surface area contributed by atoms with Gasteiger partial charge in [0, 0.05) is 29.0 Å². The molecule has 7 heteroatoms. The second kappa shape index (κ2) is 13.3. The Morgan fingerprint density at radius 1 is 0.943 bits per heavy atom. The normalized spacial score (nSPS) is 11.7. The summed E-state index contributed by atoms with van der Waals surface area (Å²) in [5.41, 5.74) is 1.85. The van der Waals surface area contributed by atoms with Crippen molar-refractivity contribution in [2.45, 2.75) is 32.9 Å². The second-order valence-electron chi connectivity index (χ2n) is 8.74. The van der Waals surface area contributed by atoms with Crippen LogP contribution in [0.2, 0.25) is 5.02 Å². The Hall–Kier alpha value is -2.83. The van der Waals surface area contributed by atoms with Crippen LogP contribution in [0.1, 0.15) is 25.0 Å². The summed E-state index contributed by atoms with van der Waals surface area (Å²) in [5.74, 6) is 0.409. The number of halogens is 2. The van der Waals surface area contributed by atoms with Gasteiger partial charge in [0.2, 0.25) is 5.91 Å². The SMILES string of the molecule is CC(C)CNC(=O)[C@@H](Cc1ccccc1)N(Cc1ccc(Cl)cc1)C(=O)COc1ccc(Br)cc1. The van der Waals surface area contributed by atoms with E-state index in [1.54, 1.807) is 29.2 Å². The number of amides is 2. The molecule has 0 aliphatic heterocycles.